The zero-order valence-electron chi connectivity index (χ0n) is 7.84. The fourth-order valence-corrected chi connectivity index (χ4v) is 2.35. The van der Waals surface area contributed by atoms with Crippen molar-refractivity contribution in [2.45, 2.75) is 63.1 Å². The Hall–Kier alpha value is -0.0800. The van der Waals surface area contributed by atoms with Crippen LogP contribution in [0.2, 0.25) is 0 Å². The Balaban J connectivity index is 1.79. The van der Waals surface area contributed by atoms with Gasteiger partial charge in [0.2, 0.25) is 0 Å². The highest BCUT2D eigenvalue weighted by molar-refractivity contribution is 4.99. The summed E-state index contributed by atoms with van der Waals surface area (Å²) < 4.78 is 0. The predicted molar refractivity (Wildman–Crippen MR) is 49.0 cm³/mol. The molecule has 2 nitrogen and oxygen atoms in total. The largest absolute Gasteiger partial charge is 0.389 e. The molecule has 2 heteroatoms. The molecule has 2 aliphatic carbocycles. The molecule has 2 saturated carbocycles. The predicted octanol–water partition coefficient (Wildman–Crippen LogP) is 1.43. The van der Waals surface area contributed by atoms with E-state index in [9.17, 15) is 5.11 Å². The monoisotopic (exact) mass is 169 g/mol. The third-order valence-corrected chi connectivity index (χ3v) is 3.48. The second-order valence-electron chi connectivity index (χ2n) is 4.60. The highest BCUT2D eigenvalue weighted by atomic mass is 16.3. The highest BCUT2D eigenvalue weighted by Gasteiger charge is 2.41. The minimum atomic E-state index is -0.414. The molecular weight excluding hydrogens is 150 g/mol. The van der Waals surface area contributed by atoms with Gasteiger partial charge in [-0.25, -0.2) is 0 Å². The average molecular weight is 169 g/mol. The second kappa shape index (κ2) is 3.00. The Kier molecular flexibility index (Phi) is 2.13. The van der Waals surface area contributed by atoms with Crippen LogP contribution in [0.3, 0.4) is 0 Å². The Morgan fingerprint density at radius 2 is 1.92 bits per heavy atom. The maximum atomic E-state index is 9.77. The van der Waals surface area contributed by atoms with Crippen molar-refractivity contribution in [2.75, 3.05) is 0 Å². The van der Waals surface area contributed by atoms with Crippen molar-refractivity contribution < 1.29 is 5.11 Å². The van der Waals surface area contributed by atoms with Crippen molar-refractivity contribution >= 4 is 0 Å². The molecule has 0 saturated heterocycles. The van der Waals surface area contributed by atoms with Gasteiger partial charge in [-0.05, 0) is 32.6 Å². The van der Waals surface area contributed by atoms with E-state index in [1.165, 1.54) is 25.7 Å². The van der Waals surface area contributed by atoms with E-state index in [1.807, 2.05) is 6.92 Å². The van der Waals surface area contributed by atoms with E-state index in [1.54, 1.807) is 0 Å². The smallest absolute Gasteiger partial charge is 0.0772 e. The van der Waals surface area contributed by atoms with Gasteiger partial charge < -0.3 is 10.4 Å². The number of hydrogen-bond donors (Lipinski definition) is 2. The molecular formula is C10H19NO. The molecule has 0 bridgehead atoms. The summed E-state index contributed by atoms with van der Waals surface area (Å²) in [7, 11) is 0. The number of aliphatic hydroxyl groups is 1. The molecule has 2 atom stereocenters. The van der Waals surface area contributed by atoms with E-state index in [-0.39, 0.29) is 0 Å². The van der Waals surface area contributed by atoms with E-state index in [2.05, 4.69) is 5.32 Å². The van der Waals surface area contributed by atoms with Gasteiger partial charge in [-0.2, -0.15) is 0 Å². The van der Waals surface area contributed by atoms with E-state index in [0.717, 1.165) is 12.8 Å². The van der Waals surface area contributed by atoms with E-state index in [4.69, 9.17) is 0 Å². The van der Waals surface area contributed by atoms with Crippen LogP contribution in [0.5, 0.6) is 0 Å². The molecule has 2 fully saturated rings. The molecule has 0 aromatic heterocycles. The van der Waals surface area contributed by atoms with Gasteiger partial charge in [0.25, 0.3) is 0 Å². The van der Waals surface area contributed by atoms with Crippen LogP contribution in [0.15, 0.2) is 0 Å². The lowest BCUT2D eigenvalue weighted by atomic mass is 9.76. The summed E-state index contributed by atoms with van der Waals surface area (Å²) in [5, 5.41) is 13.3. The van der Waals surface area contributed by atoms with Crippen molar-refractivity contribution in [3.63, 3.8) is 0 Å². The summed E-state index contributed by atoms with van der Waals surface area (Å²) in [6, 6.07) is 1.07. The van der Waals surface area contributed by atoms with Gasteiger partial charge in [-0.3, -0.25) is 0 Å². The summed E-state index contributed by atoms with van der Waals surface area (Å²) >= 11 is 0. The molecule has 0 spiro atoms. The maximum absolute atomic E-state index is 9.77. The van der Waals surface area contributed by atoms with Crippen LogP contribution in [0, 0.1) is 0 Å². The summed E-state index contributed by atoms with van der Waals surface area (Å²) in [6.07, 6.45) is 7.49. The first kappa shape index (κ1) is 8.52. The van der Waals surface area contributed by atoms with E-state index >= 15 is 0 Å². The SMILES string of the molecule is C[C@]1(O)CC[C@@H]1NC1CCCC1. The van der Waals surface area contributed by atoms with Crippen molar-refractivity contribution in [2.24, 2.45) is 0 Å². The third kappa shape index (κ3) is 1.50. The van der Waals surface area contributed by atoms with Crippen LogP contribution in [-0.2, 0) is 0 Å². The second-order valence-corrected chi connectivity index (χ2v) is 4.60. The van der Waals surface area contributed by atoms with Crippen LogP contribution in [0.4, 0.5) is 0 Å². The summed E-state index contributed by atoms with van der Waals surface area (Å²) in [5.74, 6) is 0. The first-order valence-corrected chi connectivity index (χ1v) is 5.17. The van der Waals surface area contributed by atoms with Crippen LogP contribution < -0.4 is 5.32 Å². The maximum Gasteiger partial charge on any atom is 0.0772 e. The molecule has 0 aromatic carbocycles. The number of nitrogens with one attached hydrogen (secondary N) is 1. The van der Waals surface area contributed by atoms with Gasteiger partial charge >= 0.3 is 0 Å². The van der Waals surface area contributed by atoms with Gasteiger partial charge in [0.1, 0.15) is 0 Å². The molecule has 2 N–H and O–H groups in total. The number of hydrogen-bond acceptors (Lipinski definition) is 2. The minimum absolute atomic E-state index is 0.376. The van der Waals surface area contributed by atoms with Crippen LogP contribution in [0.25, 0.3) is 0 Å². The highest BCUT2D eigenvalue weighted by Crippen LogP contribution is 2.33. The molecule has 0 radical (unpaired) electrons. The molecule has 70 valence electrons. The lowest BCUT2D eigenvalue weighted by Gasteiger charge is -2.44. The van der Waals surface area contributed by atoms with E-state index < -0.39 is 5.60 Å². The molecule has 0 aliphatic heterocycles. The van der Waals surface area contributed by atoms with Crippen molar-refractivity contribution in [3.8, 4) is 0 Å². The lowest BCUT2D eigenvalue weighted by molar-refractivity contribution is -0.0554. The molecule has 0 amide bonds. The molecule has 0 aromatic rings. The van der Waals surface area contributed by atoms with Gasteiger partial charge in [0, 0.05) is 12.1 Å². The van der Waals surface area contributed by atoms with Gasteiger partial charge in [-0.1, -0.05) is 12.8 Å². The summed E-state index contributed by atoms with van der Waals surface area (Å²) in [5.41, 5.74) is -0.414. The zero-order chi connectivity index (χ0) is 8.60. The van der Waals surface area contributed by atoms with Gasteiger partial charge in [0.15, 0.2) is 0 Å². The lowest BCUT2D eigenvalue weighted by Crippen LogP contribution is -2.59. The fourth-order valence-electron chi connectivity index (χ4n) is 2.35. The van der Waals surface area contributed by atoms with Gasteiger partial charge in [0.05, 0.1) is 5.60 Å². The van der Waals surface area contributed by atoms with Crippen molar-refractivity contribution in [1.29, 1.82) is 0 Å². The molecule has 2 aliphatic rings. The number of rotatable bonds is 2. The average Bonchev–Trinajstić information content (AvgIpc) is 2.50. The Morgan fingerprint density at radius 1 is 1.25 bits per heavy atom. The summed E-state index contributed by atoms with van der Waals surface area (Å²) in [6.45, 7) is 1.95. The van der Waals surface area contributed by atoms with Crippen LogP contribution in [0.1, 0.15) is 45.4 Å². The molecule has 0 heterocycles. The summed E-state index contributed by atoms with van der Waals surface area (Å²) in [4.78, 5) is 0. The van der Waals surface area contributed by atoms with Crippen molar-refractivity contribution in [3.05, 3.63) is 0 Å². The Labute approximate surface area is 74.4 Å². The quantitative estimate of drug-likeness (QED) is 0.655. The normalized spacial score (nSPS) is 43.0. The first-order valence-electron chi connectivity index (χ1n) is 5.17. The van der Waals surface area contributed by atoms with Crippen LogP contribution >= 0.6 is 0 Å². The van der Waals surface area contributed by atoms with Crippen LogP contribution in [-0.4, -0.2) is 22.8 Å². The van der Waals surface area contributed by atoms with Gasteiger partial charge in [-0.15, -0.1) is 0 Å². The topological polar surface area (TPSA) is 32.3 Å². The van der Waals surface area contributed by atoms with E-state index in [0.29, 0.717) is 12.1 Å². The molecule has 2 rings (SSSR count). The third-order valence-electron chi connectivity index (χ3n) is 3.48. The zero-order valence-corrected chi connectivity index (χ0v) is 7.84. The molecule has 0 unspecified atom stereocenters. The first-order chi connectivity index (χ1) is 5.68. The molecule has 12 heavy (non-hydrogen) atoms. The Bertz CT molecular complexity index is 161. The standard InChI is InChI=1S/C10H19NO/c1-10(12)7-6-9(10)11-8-4-2-3-5-8/h8-9,11-12H,2-7H2,1H3/t9-,10-/m0/s1. The van der Waals surface area contributed by atoms with Crippen molar-refractivity contribution in [1.82, 2.24) is 5.32 Å². The Morgan fingerprint density at radius 3 is 2.33 bits per heavy atom. The fraction of sp³-hybridized carbons (Fsp3) is 1.00. The minimum Gasteiger partial charge on any atom is -0.389 e.